The van der Waals surface area contributed by atoms with Gasteiger partial charge in [0.05, 0.1) is 11.4 Å². The molecule has 2 aromatic heterocycles. The quantitative estimate of drug-likeness (QED) is 0.403. The van der Waals surface area contributed by atoms with E-state index in [0.717, 1.165) is 48.7 Å². The van der Waals surface area contributed by atoms with Crippen LogP contribution in [-0.2, 0) is 13.1 Å². The molecule has 2 bridgehead atoms. The third-order valence-corrected chi connectivity index (χ3v) is 7.41. The van der Waals surface area contributed by atoms with Gasteiger partial charge in [0.15, 0.2) is 0 Å². The average molecular weight is 479 g/mol. The highest BCUT2D eigenvalue weighted by Gasteiger charge is 2.39. The summed E-state index contributed by atoms with van der Waals surface area (Å²) in [7, 11) is 0. The van der Waals surface area contributed by atoms with Crippen LogP contribution >= 0.6 is 0 Å². The van der Waals surface area contributed by atoms with Gasteiger partial charge in [0.2, 0.25) is 0 Å². The molecule has 0 amide bonds. The highest BCUT2D eigenvalue weighted by atomic mass is 16.3. The van der Waals surface area contributed by atoms with Gasteiger partial charge < -0.3 is 10.2 Å². The Morgan fingerprint density at radius 3 is 1.72 bits per heavy atom. The molecule has 4 heterocycles. The number of likely N-dealkylation sites (tertiary alicyclic amines) is 1. The first-order valence-electron chi connectivity index (χ1n) is 12.6. The van der Waals surface area contributed by atoms with E-state index in [2.05, 4.69) is 44.0 Å². The number of nitrogens with zero attached hydrogens (tertiary/aromatic N) is 4. The van der Waals surface area contributed by atoms with E-state index < -0.39 is 0 Å². The van der Waals surface area contributed by atoms with Crippen molar-refractivity contribution in [3.63, 3.8) is 0 Å². The average Bonchev–Trinajstić information content (AvgIpc) is 3.11. The third kappa shape index (κ3) is 4.83. The number of rotatable bonds is 6. The number of benzene rings is 2. The van der Waals surface area contributed by atoms with Crippen molar-refractivity contribution < 1.29 is 10.2 Å². The molecule has 0 spiro atoms. The van der Waals surface area contributed by atoms with Crippen LogP contribution in [0.5, 0.6) is 11.5 Å². The molecule has 36 heavy (non-hydrogen) atoms. The molecule has 2 saturated heterocycles. The zero-order valence-corrected chi connectivity index (χ0v) is 20.2. The van der Waals surface area contributed by atoms with Gasteiger partial charge in [-0.25, -0.2) is 0 Å². The minimum atomic E-state index is 0.260. The van der Waals surface area contributed by atoms with E-state index in [1.807, 2.05) is 36.7 Å². The molecule has 6 nitrogen and oxygen atoms in total. The summed E-state index contributed by atoms with van der Waals surface area (Å²) in [5, 5.41) is 19.7. The Balaban J connectivity index is 1.13. The third-order valence-electron chi connectivity index (χ3n) is 7.41. The zero-order valence-electron chi connectivity index (χ0n) is 20.2. The van der Waals surface area contributed by atoms with Crippen LogP contribution in [0, 0.1) is 0 Å². The smallest absolute Gasteiger partial charge is 0.116 e. The Bertz CT molecular complexity index is 1360. The van der Waals surface area contributed by atoms with Crippen molar-refractivity contribution in [2.45, 2.75) is 38.0 Å². The number of pyridine rings is 2. The van der Waals surface area contributed by atoms with E-state index >= 15 is 0 Å². The molecular weight excluding hydrogens is 448 g/mol. The second kappa shape index (κ2) is 9.72. The molecule has 0 radical (unpaired) electrons. The maximum absolute atomic E-state index is 9.84. The molecule has 6 heteroatoms. The SMILES string of the molecule is Oc1cccc(-c2cc(CN3C[C@H]4CC[C@@H](C3)N4Cc3ccnc(-c4cccc(O)c4)c3)ccn2)c1. The topological polar surface area (TPSA) is 72.7 Å². The summed E-state index contributed by atoms with van der Waals surface area (Å²) in [5.41, 5.74) is 6.18. The Hall–Kier alpha value is -3.74. The summed E-state index contributed by atoms with van der Waals surface area (Å²) >= 11 is 0. The Labute approximate surface area is 211 Å². The highest BCUT2D eigenvalue weighted by molar-refractivity contribution is 5.62. The fraction of sp³-hybridized carbons (Fsp3) is 0.267. The van der Waals surface area contributed by atoms with E-state index in [1.165, 1.54) is 24.0 Å². The summed E-state index contributed by atoms with van der Waals surface area (Å²) in [4.78, 5) is 14.3. The van der Waals surface area contributed by atoms with Crippen molar-refractivity contribution in [1.82, 2.24) is 19.8 Å². The molecule has 4 aromatic rings. The molecular formula is C30H30N4O2. The second-order valence-electron chi connectivity index (χ2n) is 9.95. The fourth-order valence-corrected chi connectivity index (χ4v) is 5.73. The van der Waals surface area contributed by atoms with Crippen molar-refractivity contribution in [3.8, 4) is 34.0 Å². The minimum Gasteiger partial charge on any atom is -0.508 e. The first kappa shape index (κ1) is 22.7. The number of phenolic OH excluding ortho intramolecular Hbond substituents is 2. The minimum absolute atomic E-state index is 0.260. The lowest BCUT2D eigenvalue weighted by molar-refractivity contribution is 0.0567. The number of piperazine rings is 1. The molecule has 2 atom stereocenters. The molecule has 2 aromatic carbocycles. The largest absolute Gasteiger partial charge is 0.508 e. The van der Waals surface area contributed by atoms with E-state index in [-0.39, 0.29) is 11.5 Å². The molecule has 2 aliphatic rings. The Morgan fingerprint density at radius 2 is 1.19 bits per heavy atom. The molecule has 2 N–H and O–H groups in total. The molecule has 6 rings (SSSR count). The van der Waals surface area contributed by atoms with Gasteiger partial charge >= 0.3 is 0 Å². The number of fused-ring (bicyclic) bond motifs is 2. The van der Waals surface area contributed by atoms with E-state index in [1.54, 1.807) is 24.3 Å². The summed E-state index contributed by atoms with van der Waals surface area (Å²) in [6.07, 6.45) is 6.21. The lowest BCUT2D eigenvalue weighted by Crippen LogP contribution is -2.52. The van der Waals surface area contributed by atoms with Crippen molar-refractivity contribution in [1.29, 1.82) is 0 Å². The van der Waals surface area contributed by atoms with Crippen LogP contribution in [0.15, 0.2) is 85.2 Å². The van der Waals surface area contributed by atoms with Gasteiger partial charge in [-0.3, -0.25) is 19.8 Å². The Morgan fingerprint density at radius 1 is 0.667 bits per heavy atom. The van der Waals surface area contributed by atoms with Gasteiger partial charge in [-0.05, 0) is 72.5 Å². The fourth-order valence-electron chi connectivity index (χ4n) is 5.73. The lowest BCUT2D eigenvalue weighted by atomic mass is 10.1. The first-order valence-corrected chi connectivity index (χ1v) is 12.6. The van der Waals surface area contributed by atoms with Gasteiger partial charge in [0.25, 0.3) is 0 Å². The standard InChI is InChI=1S/C30H30N4O2/c35-27-5-1-3-23(15-27)29-13-21(9-11-31-29)17-33-19-25-7-8-26(20-33)34(25)18-22-10-12-32-30(14-22)24-4-2-6-28(36)16-24/h1-6,9-16,25-26,35-36H,7-8,17-20H2/t25-,26+. The van der Waals surface area contributed by atoms with Crippen LogP contribution in [-0.4, -0.2) is 55.2 Å². The van der Waals surface area contributed by atoms with Crippen LogP contribution in [0.1, 0.15) is 24.0 Å². The normalized spacial score (nSPS) is 20.0. The lowest BCUT2D eigenvalue weighted by Gasteiger charge is -2.41. The van der Waals surface area contributed by atoms with Gasteiger partial charge in [-0.15, -0.1) is 0 Å². The second-order valence-corrected chi connectivity index (χ2v) is 9.95. The maximum Gasteiger partial charge on any atom is 0.116 e. The molecule has 0 saturated carbocycles. The van der Waals surface area contributed by atoms with Gasteiger partial charge in [-0.2, -0.15) is 0 Å². The van der Waals surface area contributed by atoms with Crippen LogP contribution in [0.3, 0.4) is 0 Å². The summed E-state index contributed by atoms with van der Waals surface area (Å²) < 4.78 is 0. The van der Waals surface area contributed by atoms with Gasteiger partial charge in [0, 0.05) is 61.8 Å². The first-order chi connectivity index (χ1) is 17.6. The monoisotopic (exact) mass is 478 g/mol. The van der Waals surface area contributed by atoms with Crippen molar-refractivity contribution in [3.05, 3.63) is 96.3 Å². The Kier molecular flexibility index (Phi) is 6.13. The van der Waals surface area contributed by atoms with Crippen molar-refractivity contribution >= 4 is 0 Å². The van der Waals surface area contributed by atoms with Gasteiger partial charge in [-0.1, -0.05) is 24.3 Å². The molecule has 2 aliphatic heterocycles. The summed E-state index contributed by atoms with van der Waals surface area (Å²) in [5.74, 6) is 0.521. The van der Waals surface area contributed by atoms with Crippen molar-refractivity contribution in [2.75, 3.05) is 13.1 Å². The molecule has 182 valence electrons. The van der Waals surface area contributed by atoms with Crippen molar-refractivity contribution in [2.24, 2.45) is 0 Å². The number of hydrogen-bond acceptors (Lipinski definition) is 6. The summed E-state index contributed by atoms with van der Waals surface area (Å²) in [6.45, 7) is 3.95. The van der Waals surface area contributed by atoms with Gasteiger partial charge in [0.1, 0.15) is 11.5 Å². The van der Waals surface area contributed by atoms with E-state index in [0.29, 0.717) is 12.1 Å². The maximum atomic E-state index is 9.84. The van der Waals surface area contributed by atoms with E-state index in [9.17, 15) is 10.2 Å². The van der Waals surface area contributed by atoms with E-state index in [4.69, 9.17) is 0 Å². The van der Waals surface area contributed by atoms with Crippen LogP contribution in [0.4, 0.5) is 0 Å². The highest BCUT2D eigenvalue weighted by Crippen LogP contribution is 2.33. The van der Waals surface area contributed by atoms with Crippen LogP contribution < -0.4 is 0 Å². The molecule has 0 unspecified atom stereocenters. The number of aromatic hydroxyl groups is 2. The zero-order chi connectivity index (χ0) is 24.5. The molecule has 2 fully saturated rings. The molecule has 0 aliphatic carbocycles. The predicted molar refractivity (Wildman–Crippen MR) is 140 cm³/mol. The number of aromatic nitrogens is 2. The predicted octanol–water partition coefficient (Wildman–Crippen LogP) is 5.07. The van der Waals surface area contributed by atoms with Crippen LogP contribution in [0.25, 0.3) is 22.5 Å². The van der Waals surface area contributed by atoms with Crippen LogP contribution in [0.2, 0.25) is 0 Å². The number of phenols is 2. The summed E-state index contributed by atoms with van der Waals surface area (Å²) in [6, 6.07) is 24.2. The number of hydrogen-bond donors (Lipinski definition) is 2.